The van der Waals surface area contributed by atoms with Crippen LogP contribution in [-0.4, -0.2) is 57.2 Å². The molecule has 31 heavy (non-hydrogen) atoms. The molecule has 1 amide bonds. The number of nitrogens with one attached hydrogen (secondary N) is 2. The number of sulfonamides is 1. The van der Waals surface area contributed by atoms with E-state index in [0.29, 0.717) is 35.6 Å². The van der Waals surface area contributed by atoms with E-state index in [1.165, 1.54) is 34.6 Å². The van der Waals surface area contributed by atoms with Crippen LogP contribution in [0.4, 0.5) is 20.2 Å². The Hall–Kier alpha value is -1.92. The zero-order valence-electron chi connectivity index (χ0n) is 16.2. The fraction of sp³-hybridized carbons (Fsp3) is 0.316. The second kappa shape index (κ2) is 10.6. The van der Waals surface area contributed by atoms with Gasteiger partial charge in [-0.2, -0.15) is 13.1 Å². The molecule has 0 bridgehead atoms. The monoisotopic (exact) mass is 491 g/mol. The van der Waals surface area contributed by atoms with Crippen LogP contribution in [0.3, 0.4) is 0 Å². The first-order valence-corrected chi connectivity index (χ1v) is 11.9. The lowest BCUT2D eigenvalue weighted by Crippen LogP contribution is -2.40. The molecule has 1 fully saturated rings. The number of amides is 1. The van der Waals surface area contributed by atoms with Crippen molar-refractivity contribution in [2.24, 2.45) is 0 Å². The summed E-state index contributed by atoms with van der Waals surface area (Å²) in [5.41, 5.74) is 0.868. The zero-order valence-corrected chi connectivity index (χ0v) is 18.6. The Morgan fingerprint density at radius 3 is 2.42 bits per heavy atom. The smallest absolute Gasteiger partial charge is 0.288 e. The van der Waals surface area contributed by atoms with Crippen molar-refractivity contribution >= 4 is 50.7 Å². The molecule has 168 valence electrons. The number of halogens is 3. The predicted octanol–water partition coefficient (Wildman–Crippen LogP) is 3.73. The molecule has 2 N–H and O–H groups in total. The number of morpholine rings is 1. The van der Waals surface area contributed by atoms with E-state index < -0.39 is 21.7 Å². The summed E-state index contributed by atoms with van der Waals surface area (Å²) in [5.74, 6) is -2.91. The van der Waals surface area contributed by atoms with Gasteiger partial charge in [-0.15, -0.1) is 0 Å². The van der Waals surface area contributed by atoms with Gasteiger partial charge in [0.2, 0.25) is 15.9 Å². The summed E-state index contributed by atoms with van der Waals surface area (Å²) < 4.78 is 56.9. The molecule has 2 aromatic rings. The molecule has 0 spiro atoms. The highest BCUT2D eigenvalue weighted by Gasteiger charge is 2.28. The van der Waals surface area contributed by atoms with Crippen molar-refractivity contribution in [2.75, 3.05) is 43.5 Å². The normalized spacial score (nSPS) is 15.1. The minimum absolute atomic E-state index is 0.0596. The summed E-state index contributed by atoms with van der Waals surface area (Å²) >= 11 is 6.55. The van der Waals surface area contributed by atoms with Crippen molar-refractivity contribution in [1.82, 2.24) is 4.31 Å². The van der Waals surface area contributed by atoms with Gasteiger partial charge >= 0.3 is 0 Å². The summed E-state index contributed by atoms with van der Waals surface area (Å²) in [5, 5.41) is 5.56. The summed E-state index contributed by atoms with van der Waals surface area (Å²) in [7, 11) is -3.82. The number of benzene rings is 2. The highest BCUT2D eigenvalue weighted by atomic mass is 35.5. The first-order valence-electron chi connectivity index (χ1n) is 9.22. The van der Waals surface area contributed by atoms with Gasteiger partial charge in [-0.25, -0.2) is 8.42 Å². The Bertz CT molecular complexity index is 1020. The minimum Gasteiger partial charge on any atom is -0.379 e. The Morgan fingerprint density at radius 1 is 1.13 bits per heavy atom. The van der Waals surface area contributed by atoms with Gasteiger partial charge in [0, 0.05) is 29.4 Å². The van der Waals surface area contributed by atoms with E-state index in [2.05, 4.69) is 10.6 Å². The number of hydrogen-bond acceptors (Lipinski definition) is 6. The lowest BCUT2D eigenvalue weighted by atomic mass is 10.3. The number of hydrogen-bond donors (Lipinski definition) is 2. The van der Waals surface area contributed by atoms with Gasteiger partial charge in [0.25, 0.3) is 5.76 Å². The van der Waals surface area contributed by atoms with Gasteiger partial charge in [0.05, 0.1) is 24.8 Å². The SMILES string of the molecule is O=C(CNc1ccc(SC(F)F)cc1)Nc1ccc(Cl)c(S(=O)(=O)N2CCOCC2)c1. The molecule has 1 aliphatic rings. The molecule has 1 saturated heterocycles. The van der Waals surface area contributed by atoms with Crippen LogP contribution in [0.5, 0.6) is 0 Å². The largest absolute Gasteiger partial charge is 0.379 e. The Kier molecular flexibility index (Phi) is 8.11. The molecule has 1 heterocycles. The fourth-order valence-corrected chi connectivity index (χ4v) is 5.25. The maximum absolute atomic E-state index is 12.9. The first-order chi connectivity index (χ1) is 14.8. The Balaban J connectivity index is 1.62. The topological polar surface area (TPSA) is 87.7 Å². The molecule has 0 radical (unpaired) electrons. The second-order valence-electron chi connectivity index (χ2n) is 6.47. The molecule has 0 atom stereocenters. The summed E-state index contributed by atoms with van der Waals surface area (Å²) in [6.07, 6.45) is 0. The molecule has 7 nitrogen and oxygen atoms in total. The van der Waals surface area contributed by atoms with Crippen molar-refractivity contribution in [3.63, 3.8) is 0 Å². The van der Waals surface area contributed by atoms with E-state index in [9.17, 15) is 22.0 Å². The van der Waals surface area contributed by atoms with Crippen molar-refractivity contribution in [2.45, 2.75) is 15.5 Å². The van der Waals surface area contributed by atoms with Gasteiger partial charge in [0.15, 0.2) is 0 Å². The minimum atomic E-state index is -3.82. The fourth-order valence-electron chi connectivity index (χ4n) is 2.85. The van der Waals surface area contributed by atoms with Crippen LogP contribution < -0.4 is 10.6 Å². The quantitative estimate of drug-likeness (QED) is 0.547. The molecule has 0 unspecified atom stereocenters. The van der Waals surface area contributed by atoms with Gasteiger partial charge in [-0.3, -0.25) is 4.79 Å². The predicted molar refractivity (Wildman–Crippen MR) is 116 cm³/mol. The number of ether oxygens (including phenoxy) is 1. The van der Waals surface area contributed by atoms with Crippen LogP contribution in [0.2, 0.25) is 5.02 Å². The van der Waals surface area contributed by atoms with Crippen molar-refractivity contribution in [3.8, 4) is 0 Å². The first kappa shape index (κ1) is 23.7. The third-order valence-corrected chi connectivity index (χ3v) is 7.44. The summed E-state index contributed by atoms with van der Waals surface area (Å²) in [6, 6.07) is 10.5. The van der Waals surface area contributed by atoms with E-state index in [-0.39, 0.29) is 35.2 Å². The van der Waals surface area contributed by atoms with Crippen LogP contribution in [0.25, 0.3) is 0 Å². The lowest BCUT2D eigenvalue weighted by molar-refractivity contribution is -0.114. The third kappa shape index (κ3) is 6.53. The zero-order chi connectivity index (χ0) is 22.4. The number of carbonyl (C=O) groups is 1. The number of nitrogens with zero attached hydrogens (tertiary/aromatic N) is 1. The molecule has 12 heteroatoms. The molecule has 0 saturated carbocycles. The number of alkyl halides is 2. The van der Waals surface area contributed by atoms with Gasteiger partial charge < -0.3 is 15.4 Å². The van der Waals surface area contributed by atoms with Gasteiger partial charge in [0.1, 0.15) is 4.90 Å². The maximum Gasteiger partial charge on any atom is 0.288 e. The number of thioether (sulfide) groups is 1. The highest BCUT2D eigenvalue weighted by Crippen LogP contribution is 2.28. The van der Waals surface area contributed by atoms with Crippen LogP contribution >= 0.6 is 23.4 Å². The summed E-state index contributed by atoms with van der Waals surface area (Å²) in [4.78, 5) is 12.6. The number of carbonyl (C=O) groups excluding carboxylic acids is 1. The molecule has 1 aliphatic heterocycles. The Morgan fingerprint density at radius 2 is 1.77 bits per heavy atom. The van der Waals surface area contributed by atoms with Crippen LogP contribution in [-0.2, 0) is 19.6 Å². The average Bonchev–Trinajstić information content (AvgIpc) is 2.75. The van der Waals surface area contributed by atoms with E-state index >= 15 is 0 Å². The summed E-state index contributed by atoms with van der Waals surface area (Å²) in [6.45, 7) is 0.971. The maximum atomic E-state index is 12.9. The highest BCUT2D eigenvalue weighted by molar-refractivity contribution is 7.99. The van der Waals surface area contributed by atoms with Crippen LogP contribution in [0, 0.1) is 0 Å². The van der Waals surface area contributed by atoms with Crippen molar-refractivity contribution in [3.05, 3.63) is 47.5 Å². The van der Waals surface area contributed by atoms with Crippen LogP contribution in [0.15, 0.2) is 52.3 Å². The molecular formula is C19H20ClF2N3O4S2. The standard InChI is InChI=1S/C19H20ClF2N3O4S2/c20-16-6-3-14(11-17(16)31(27,28)25-7-9-29-10-8-25)24-18(26)12-23-13-1-4-15(5-2-13)30-19(21)22/h1-6,11,19,23H,7-10,12H2,(H,24,26). The molecule has 2 aromatic carbocycles. The number of anilines is 2. The van der Waals surface area contributed by atoms with E-state index in [4.69, 9.17) is 16.3 Å². The van der Waals surface area contributed by atoms with Gasteiger partial charge in [-0.05, 0) is 42.5 Å². The van der Waals surface area contributed by atoms with Gasteiger partial charge in [-0.1, -0.05) is 23.4 Å². The second-order valence-corrected chi connectivity index (χ2v) is 9.84. The van der Waals surface area contributed by atoms with E-state index in [1.54, 1.807) is 12.1 Å². The number of rotatable bonds is 8. The molecule has 0 aromatic heterocycles. The van der Waals surface area contributed by atoms with E-state index in [1.807, 2.05) is 0 Å². The molecular weight excluding hydrogens is 472 g/mol. The third-order valence-electron chi connectivity index (χ3n) is 4.34. The lowest BCUT2D eigenvalue weighted by Gasteiger charge is -2.26. The van der Waals surface area contributed by atoms with E-state index in [0.717, 1.165) is 0 Å². The Labute approximate surface area is 188 Å². The van der Waals surface area contributed by atoms with Crippen molar-refractivity contribution in [1.29, 1.82) is 0 Å². The molecule has 3 rings (SSSR count). The van der Waals surface area contributed by atoms with Crippen LogP contribution in [0.1, 0.15) is 0 Å². The van der Waals surface area contributed by atoms with Crippen molar-refractivity contribution < 1.29 is 26.7 Å². The molecule has 0 aliphatic carbocycles. The average molecular weight is 492 g/mol.